The molecule has 2 heterocycles. The maximum atomic E-state index is 5.31. The molecule has 0 bridgehead atoms. The molecule has 0 unspecified atom stereocenters. The fourth-order valence-electron chi connectivity index (χ4n) is 1.89. The number of benzene rings is 1. The molecule has 21 heavy (non-hydrogen) atoms. The van der Waals surface area contributed by atoms with Gasteiger partial charge in [0.1, 0.15) is 11.5 Å². The van der Waals surface area contributed by atoms with Crippen LogP contribution in [0.15, 0.2) is 47.2 Å². The van der Waals surface area contributed by atoms with Crippen LogP contribution in [0, 0.1) is 0 Å². The molecule has 0 N–H and O–H groups in total. The van der Waals surface area contributed by atoms with E-state index in [0.717, 1.165) is 11.1 Å². The van der Waals surface area contributed by atoms with E-state index in [4.69, 9.17) is 14.0 Å². The molecule has 2 aromatic heterocycles. The third-order valence-corrected chi connectivity index (χ3v) is 2.96. The topological polar surface area (TPSA) is 70.3 Å². The van der Waals surface area contributed by atoms with E-state index in [0.29, 0.717) is 23.2 Å². The normalized spacial score (nSPS) is 10.4. The zero-order valence-corrected chi connectivity index (χ0v) is 11.6. The van der Waals surface area contributed by atoms with Gasteiger partial charge in [-0.05, 0) is 24.3 Å². The van der Waals surface area contributed by atoms with Crippen LogP contribution >= 0.6 is 0 Å². The summed E-state index contributed by atoms with van der Waals surface area (Å²) in [7, 11) is 3.18. The Hall–Kier alpha value is -2.89. The lowest BCUT2D eigenvalue weighted by Crippen LogP contribution is -1.89. The van der Waals surface area contributed by atoms with Crippen LogP contribution in [0.1, 0.15) is 0 Å². The number of aromatic nitrogens is 3. The van der Waals surface area contributed by atoms with Gasteiger partial charge in [-0.1, -0.05) is 5.16 Å². The highest BCUT2D eigenvalue weighted by molar-refractivity contribution is 5.62. The smallest absolute Gasteiger partial charge is 0.258 e. The van der Waals surface area contributed by atoms with Gasteiger partial charge in [-0.15, -0.1) is 0 Å². The summed E-state index contributed by atoms with van der Waals surface area (Å²) in [6.45, 7) is 0. The third-order valence-electron chi connectivity index (χ3n) is 2.96. The molecule has 3 rings (SSSR count). The lowest BCUT2D eigenvalue weighted by Gasteiger charge is -2.05. The molecule has 6 nitrogen and oxygen atoms in total. The Labute approximate surface area is 121 Å². The molecule has 0 aliphatic heterocycles. The number of ether oxygens (including phenoxy) is 2. The fourth-order valence-corrected chi connectivity index (χ4v) is 1.89. The fraction of sp³-hybridized carbons (Fsp3) is 0.133. The molecule has 0 atom stereocenters. The molecular weight excluding hydrogens is 270 g/mol. The highest BCUT2D eigenvalue weighted by atomic mass is 16.5. The van der Waals surface area contributed by atoms with Crippen molar-refractivity contribution >= 4 is 0 Å². The van der Waals surface area contributed by atoms with E-state index in [1.54, 1.807) is 32.7 Å². The van der Waals surface area contributed by atoms with E-state index >= 15 is 0 Å². The average molecular weight is 283 g/mol. The molecule has 6 heteroatoms. The highest BCUT2D eigenvalue weighted by Gasteiger charge is 2.12. The standard InChI is InChI=1S/C15H13N3O3/c1-19-12-7-11(8-13(9-12)20-2)15-17-14(18-21-15)10-3-5-16-6-4-10/h3-9H,1-2H3. The molecule has 0 aliphatic carbocycles. The zero-order valence-electron chi connectivity index (χ0n) is 11.6. The summed E-state index contributed by atoms with van der Waals surface area (Å²) in [6.07, 6.45) is 3.36. The SMILES string of the molecule is COc1cc(OC)cc(-c2nc(-c3ccncc3)no2)c1. The van der Waals surface area contributed by atoms with E-state index in [-0.39, 0.29) is 0 Å². The maximum absolute atomic E-state index is 5.31. The minimum Gasteiger partial charge on any atom is -0.497 e. The predicted molar refractivity (Wildman–Crippen MR) is 76.1 cm³/mol. The quantitative estimate of drug-likeness (QED) is 0.733. The minimum atomic E-state index is 0.402. The van der Waals surface area contributed by atoms with Crippen LogP contribution < -0.4 is 9.47 Å². The number of nitrogens with zero attached hydrogens (tertiary/aromatic N) is 3. The van der Waals surface area contributed by atoms with Gasteiger partial charge in [0.2, 0.25) is 5.82 Å². The summed E-state index contributed by atoms with van der Waals surface area (Å²) >= 11 is 0. The average Bonchev–Trinajstić information content (AvgIpc) is 3.05. The van der Waals surface area contributed by atoms with Gasteiger partial charge in [-0.3, -0.25) is 4.98 Å². The van der Waals surface area contributed by atoms with Gasteiger partial charge >= 0.3 is 0 Å². The molecule has 3 aromatic rings. The number of hydrogen-bond acceptors (Lipinski definition) is 6. The second-order valence-corrected chi connectivity index (χ2v) is 4.26. The molecule has 0 fully saturated rings. The van der Waals surface area contributed by atoms with E-state index < -0.39 is 0 Å². The lowest BCUT2D eigenvalue weighted by molar-refractivity contribution is 0.393. The predicted octanol–water partition coefficient (Wildman–Crippen LogP) is 2.82. The van der Waals surface area contributed by atoms with Gasteiger partial charge < -0.3 is 14.0 Å². The molecule has 0 saturated carbocycles. The number of rotatable bonds is 4. The molecule has 0 radical (unpaired) electrons. The van der Waals surface area contributed by atoms with Gasteiger partial charge in [-0.25, -0.2) is 0 Å². The molecule has 0 aliphatic rings. The maximum Gasteiger partial charge on any atom is 0.258 e. The Morgan fingerprint density at radius 3 is 2.19 bits per heavy atom. The summed E-state index contributed by atoms with van der Waals surface area (Å²) in [6, 6.07) is 9.05. The summed E-state index contributed by atoms with van der Waals surface area (Å²) in [5.74, 6) is 2.23. The van der Waals surface area contributed by atoms with Gasteiger partial charge in [0.25, 0.3) is 5.89 Å². The molecule has 1 aromatic carbocycles. The Balaban J connectivity index is 2.00. The van der Waals surface area contributed by atoms with Crippen molar-refractivity contribution in [1.29, 1.82) is 0 Å². The van der Waals surface area contributed by atoms with Gasteiger partial charge in [0, 0.05) is 29.6 Å². The van der Waals surface area contributed by atoms with Crippen molar-refractivity contribution in [1.82, 2.24) is 15.1 Å². The second-order valence-electron chi connectivity index (χ2n) is 4.26. The minimum absolute atomic E-state index is 0.402. The summed E-state index contributed by atoms with van der Waals surface area (Å²) < 4.78 is 15.8. The van der Waals surface area contributed by atoms with Crippen molar-refractivity contribution in [2.75, 3.05) is 14.2 Å². The van der Waals surface area contributed by atoms with Crippen LogP contribution in [0.4, 0.5) is 0 Å². The zero-order chi connectivity index (χ0) is 14.7. The summed E-state index contributed by atoms with van der Waals surface area (Å²) in [5.41, 5.74) is 1.58. The van der Waals surface area contributed by atoms with E-state index in [9.17, 15) is 0 Å². The highest BCUT2D eigenvalue weighted by Crippen LogP contribution is 2.29. The third kappa shape index (κ3) is 2.69. The first kappa shape index (κ1) is 13.1. The number of hydrogen-bond donors (Lipinski definition) is 0. The van der Waals surface area contributed by atoms with Crippen LogP contribution in [-0.2, 0) is 0 Å². The van der Waals surface area contributed by atoms with Crippen LogP contribution in [0.5, 0.6) is 11.5 Å². The van der Waals surface area contributed by atoms with Crippen LogP contribution in [-0.4, -0.2) is 29.3 Å². The second kappa shape index (κ2) is 5.62. The van der Waals surface area contributed by atoms with Gasteiger partial charge in [0.05, 0.1) is 14.2 Å². The van der Waals surface area contributed by atoms with Crippen LogP contribution in [0.2, 0.25) is 0 Å². The Bertz CT molecular complexity index is 719. The van der Waals surface area contributed by atoms with Crippen molar-refractivity contribution in [3.8, 4) is 34.3 Å². The van der Waals surface area contributed by atoms with Gasteiger partial charge in [0.15, 0.2) is 0 Å². The molecule has 0 saturated heterocycles. The summed E-state index contributed by atoms with van der Waals surface area (Å²) in [4.78, 5) is 8.35. The Morgan fingerprint density at radius 1 is 0.905 bits per heavy atom. The van der Waals surface area contributed by atoms with Crippen molar-refractivity contribution in [2.24, 2.45) is 0 Å². The first-order valence-corrected chi connectivity index (χ1v) is 6.27. The first-order chi connectivity index (χ1) is 10.3. The van der Waals surface area contributed by atoms with Crippen molar-refractivity contribution < 1.29 is 14.0 Å². The Morgan fingerprint density at radius 2 is 1.57 bits per heavy atom. The molecule has 0 amide bonds. The van der Waals surface area contributed by atoms with Crippen LogP contribution in [0.25, 0.3) is 22.8 Å². The first-order valence-electron chi connectivity index (χ1n) is 6.27. The molecule has 106 valence electrons. The van der Waals surface area contributed by atoms with E-state index in [1.165, 1.54) is 0 Å². The number of methoxy groups -OCH3 is 2. The molecule has 0 spiro atoms. The van der Waals surface area contributed by atoms with Crippen molar-refractivity contribution in [3.63, 3.8) is 0 Å². The van der Waals surface area contributed by atoms with E-state index in [1.807, 2.05) is 24.3 Å². The lowest BCUT2D eigenvalue weighted by atomic mass is 10.2. The van der Waals surface area contributed by atoms with Crippen molar-refractivity contribution in [3.05, 3.63) is 42.7 Å². The van der Waals surface area contributed by atoms with Crippen LogP contribution in [0.3, 0.4) is 0 Å². The number of pyridine rings is 1. The summed E-state index contributed by atoms with van der Waals surface area (Å²) in [5, 5.41) is 3.98. The largest absolute Gasteiger partial charge is 0.497 e. The van der Waals surface area contributed by atoms with Crippen molar-refractivity contribution in [2.45, 2.75) is 0 Å². The monoisotopic (exact) mass is 283 g/mol. The van der Waals surface area contributed by atoms with Gasteiger partial charge in [-0.2, -0.15) is 4.98 Å². The van der Waals surface area contributed by atoms with E-state index in [2.05, 4.69) is 15.1 Å². The Kier molecular flexibility index (Phi) is 3.51. The molecular formula is C15H13N3O3.